The van der Waals surface area contributed by atoms with Gasteiger partial charge in [-0.3, -0.25) is 0 Å². The number of nitrogens with one attached hydrogen (secondary N) is 1. The number of hydrogen-bond acceptors (Lipinski definition) is 2. The molecule has 62 valence electrons. The maximum Gasteiger partial charge on any atom is 0.212 e. The summed E-state index contributed by atoms with van der Waals surface area (Å²) in [6.07, 6.45) is 1.41. The highest BCUT2D eigenvalue weighted by molar-refractivity contribution is 5.31. The Balaban J connectivity index is 2.66. The standard InChI is InChI=1S/C9H9FN2/c1-11-6-2-3-8-4-5-9(10)12-7-8/h4-5,7,11H,6H2,1H3. The summed E-state index contributed by atoms with van der Waals surface area (Å²) in [7, 11) is 1.82. The monoisotopic (exact) mass is 164 g/mol. The minimum Gasteiger partial charge on any atom is -0.309 e. The highest BCUT2D eigenvalue weighted by atomic mass is 19.1. The van der Waals surface area contributed by atoms with Crippen molar-refractivity contribution in [3.8, 4) is 11.8 Å². The Bertz CT molecular complexity index is 295. The average Bonchev–Trinajstić information content (AvgIpc) is 2.09. The third-order valence-corrected chi connectivity index (χ3v) is 1.23. The highest BCUT2D eigenvalue weighted by Gasteiger charge is 1.88. The van der Waals surface area contributed by atoms with Crippen molar-refractivity contribution in [2.75, 3.05) is 13.6 Å². The van der Waals surface area contributed by atoms with Crippen LogP contribution < -0.4 is 5.32 Å². The van der Waals surface area contributed by atoms with E-state index >= 15 is 0 Å². The second kappa shape index (κ2) is 4.47. The minimum atomic E-state index is -0.478. The zero-order chi connectivity index (χ0) is 8.81. The molecule has 0 saturated heterocycles. The fourth-order valence-corrected chi connectivity index (χ4v) is 0.684. The second-order valence-corrected chi connectivity index (χ2v) is 2.20. The topological polar surface area (TPSA) is 24.9 Å². The first kappa shape index (κ1) is 8.69. The maximum absolute atomic E-state index is 12.3. The van der Waals surface area contributed by atoms with Crippen molar-refractivity contribution in [2.24, 2.45) is 0 Å². The van der Waals surface area contributed by atoms with Gasteiger partial charge in [0.05, 0.1) is 6.54 Å². The van der Waals surface area contributed by atoms with Gasteiger partial charge in [0.15, 0.2) is 0 Å². The van der Waals surface area contributed by atoms with E-state index in [-0.39, 0.29) is 0 Å². The molecule has 0 atom stereocenters. The molecule has 0 amide bonds. The quantitative estimate of drug-likeness (QED) is 0.490. The van der Waals surface area contributed by atoms with E-state index in [9.17, 15) is 4.39 Å². The lowest BCUT2D eigenvalue weighted by molar-refractivity contribution is 0.583. The van der Waals surface area contributed by atoms with Gasteiger partial charge in [-0.05, 0) is 19.2 Å². The molecule has 0 unspecified atom stereocenters. The van der Waals surface area contributed by atoms with Crippen molar-refractivity contribution in [3.05, 3.63) is 29.8 Å². The molecule has 3 heteroatoms. The SMILES string of the molecule is CNCC#Cc1ccc(F)nc1. The molecule has 0 fully saturated rings. The van der Waals surface area contributed by atoms with E-state index in [0.29, 0.717) is 6.54 Å². The Morgan fingerprint density at radius 1 is 1.58 bits per heavy atom. The van der Waals surface area contributed by atoms with Crippen LogP contribution in [-0.4, -0.2) is 18.6 Å². The lowest BCUT2D eigenvalue weighted by Crippen LogP contribution is -2.04. The van der Waals surface area contributed by atoms with Crippen LogP contribution in [0.2, 0.25) is 0 Å². The molecule has 1 aromatic rings. The predicted molar refractivity (Wildman–Crippen MR) is 45.0 cm³/mol. The average molecular weight is 164 g/mol. The summed E-state index contributed by atoms with van der Waals surface area (Å²) in [5, 5.41) is 2.88. The van der Waals surface area contributed by atoms with Gasteiger partial charge in [0, 0.05) is 11.8 Å². The van der Waals surface area contributed by atoms with Crippen LogP contribution in [0.5, 0.6) is 0 Å². The van der Waals surface area contributed by atoms with Gasteiger partial charge in [-0.1, -0.05) is 11.8 Å². The van der Waals surface area contributed by atoms with Gasteiger partial charge >= 0.3 is 0 Å². The van der Waals surface area contributed by atoms with Crippen molar-refractivity contribution in [2.45, 2.75) is 0 Å². The van der Waals surface area contributed by atoms with E-state index < -0.39 is 5.95 Å². The molecular formula is C9H9FN2. The van der Waals surface area contributed by atoms with E-state index in [1.165, 1.54) is 12.3 Å². The van der Waals surface area contributed by atoms with Crippen LogP contribution in [0.3, 0.4) is 0 Å². The van der Waals surface area contributed by atoms with E-state index in [1.54, 1.807) is 6.07 Å². The van der Waals surface area contributed by atoms with Crippen LogP contribution in [0.1, 0.15) is 5.56 Å². The third kappa shape index (κ3) is 2.69. The van der Waals surface area contributed by atoms with Crippen LogP contribution in [0.4, 0.5) is 4.39 Å². The molecule has 0 aliphatic rings. The van der Waals surface area contributed by atoms with Gasteiger partial charge in [-0.15, -0.1) is 0 Å². The lowest BCUT2D eigenvalue weighted by atomic mass is 10.3. The van der Waals surface area contributed by atoms with Crippen LogP contribution in [0.15, 0.2) is 18.3 Å². The molecule has 1 aromatic heterocycles. The molecule has 0 aliphatic heterocycles. The first-order valence-corrected chi connectivity index (χ1v) is 3.58. The number of nitrogens with zero attached hydrogens (tertiary/aromatic N) is 1. The molecule has 12 heavy (non-hydrogen) atoms. The summed E-state index contributed by atoms with van der Waals surface area (Å²) in [5.41, 5.74) is 0.728. The van der Waals surface area contributed by atoms with Crippen molar-refractivity contribution in [3.63, 3.8) is 0 Å². The molecule has 2 nitrogen and oxygen atoms in total. The van der Waals surface area contributed by atoms with Crippen LogP contribution >= 0.6 is 0 Å². The van der Waals surface area contributed by atoms with Crippen molar-refractivity contribution >= 4 is 0 Å². The molecule has 1 heterocycles. The van der Waals surface area contributed by atoms with Crippen molar-refractivity contribution < 1.29 is 4.39 Å². The lowest BCUT2D eigenvalue weighted by Gasteiger charge is -1.88. The van der Waals surface area contributed by atoms with Crippen LogP contribution in [0, 0.1) is 17.8 Å². The molecule has 1 N–H and O–H groups in total. The molecule has 0 aromatic carbocycles. The molecule has 0 aliphatic carbocycles. The fraction of sp³-hybridized carbons (Fsp3) is 0.222. The summed E-state index contributed by atoms with van der Waals surface area (Å²) in [4.78, 5) is 3.47. The molecular weight excluding hydrogens is 155 g/mol. The van der Waals surface area contributed by atoms with Gasteiger partial charge in [-0.25, -0.2) is 4.98 Å². The van der Waals surface area contributed by atoms with Gasteiger partial charge in [0.25, 0.3) is 0 Å². The highest BCUT2D eigenvalue weighted by Crippen LogP contribution is 1.95. The largest absolute Gasteiger partial charge is 0.309 e. The zero-order valence-corrected chi connectivity index (χ0v) is 6.76. The van der Waals surface area contributed by atoms with Crippen LogP contribution in [-0.2, 0) is 0 Å². The van der Waals surface area contributed by atoms with E-state index in [0.717, 1.165) is 5.56 Å². The molecule has 0 bridgehead atoms. The van der Waals surface area contributed by atoms with Gasteiger partial charge in [-0.2, -0.15) is 4.39 Å². The summed E-state index contributed by atoms with van der Waals surface area (Å²) in [5.74, 6) is 5.20. The molecule has 0 saturated carbocycles. The summed E-state index contributed by atoms with van der Waals surface area (Å²) in [6.45, 7) is 0.622. The first-order chi connectivity index (χ1) is 5.83. The number of aromatic nitrogens is 1. The number of pyridine rings is 1. The maximum atomic E-state index is 12.3. The molecule has 1 rings (SSSR count). The molecule has 0 radical (unpaired) electrons. The van der Waals surface area contributed by atoms with Crippen molar-refractivity contribution in [1.82, 2.24) is 10.3 Å². The Morgan fingerprint density at radius 3 is 3.00 bits per heavy atom. The van der Waals surface area contributed by atoms with Gasteiger partial charge < -0.3 is 5.32 Å². The zero-order valence-electron chi connectivity index (χ0n) is 6.76. The minimum absolute atomic E-state index is 0.478. The smallest absolute Gasteiger partial charge is 0.212 e. The summed E-state index contributed by atoms with van der Waals surface area (Å²) in [6, 6.07) is 2.90. The Morgan fingerprint density at radius 2 is 2.42 bits per heavy atom. The first-order valence-electron chi connectivity index (χ1n) is 3.58. The summed E-state index contributed by atoms with van der Waals surface area (Å²) >= 11 is 0. The Hall–Kier alpha value is -1.40. The van der Waals surface area contributed by atoms with Gasteiger partial charge in [0.2, 0.25) is 5.95 Å². The normalized spacial score (nSPS) is 8.83. The predicted octanol–water partition coefficient (Wildman–Crippen LogP) is 0.792. The van der Waals surface area contributed by atoms with E-state index in [1.807, 2.05) is 7.05 Å². The number of halogens is 1. The van der Waals surface area contributed by atoms with E-state index in [4.69, 9.17) is 0 Å². The second-order valence-electron chi connectivity index (χ2n) is 2.20. The van der Waals surface area contributed by atoms with Crippen LogP contribution in [0.25, 0.3) is 0 Å². The number of rotatable bonds is 1. The van der Waals surface area contributed by atoms with E-state index in [2.05, 4.69) is 22.1 Å². The Kier molecular flexibility index (Phi) is 3.24. The number of hydrogen-bond donors (Lipinski definition) is 1. The summed E-state index contributed by atoms with van der Waals surface area (Å²) < 4.78 is 12.3. The van der Waals surface area contributed by atoms with Crippen molar-refractivity contribution in [1.29, 1.82) is 0 Å². The third-order valence-electron chi connectivity index (χ3n) is 1.23. The Labute approximate surface area is 70.8 Å². The fourth-order valence-electron chi connectivity index (χ4n) is 0.684. The van der Waals surface area contributed by atoms with Gasteiger partial charge in [0.1, 0.15) is 0 Å². The molecule has 0 spiro atoms.